The molecule has 0 atom stereocenters. The number of hydrogen-bond donors (Lipinski definition) is 0. The van der Waals surface area contributed by atoms with Crippen molar-refractivity contribution >= 4 is 38.8 Å². The summed E-state index contributed by atoms with van der Waals surface area (Å²) < 4.78 is 10.9. The summed E-state index contributed by atoms with van der Waals surface area (Å²) in [6.45, 7) is 0. The quantitative estimate of drug-likeness (QED) is 0.307. The second kappa shape index (κ2) is 7.41. The van der Waals surface area contributed by atoms with Gasteiger partial charge in [0.05, 0.1) is 23.5 Å². The molecule has 0 unspecified atom stereocenters. The van der Waals surface area contributed by atoms with Gasteiger partial charge in [0, 0.05) is 16.0 Å². The van der Waals surface area contributed by atoms with Crippen LogP contribution in [0, 0.1) is 10.1 Å². The number of hydrogen-bond acceptors (Lipinski definition) is 7. The second-order valence-electron chi connectivity index (χ2n) is 5.71. The van der Waals surface area contributed by atoms with Gasteiger partial charge in [-0.05, 0) is 29.8 Å². The predicted octanol–water partition coefficient (Wildman–Crippen LogP) is 5.72. The Hall–Kier alpha value is -3.23. The maximum atomic E-state index is 11.4. The molecule has 0 saturated heterocycles. The highest BCUT2D eigenvalue weighted by Crippen LogP contribution is 2.41. The summed E-state index contributed by atoms with van der Waals surface area (Å²) in [6, 6.07) is 11.7. The Balaban J connectivity index is 1.83. The number of halogens is 1. The fraction of sp³-hybridized carbons (Fsp3) is 0.0526. The van der Waals surface area contributed by atoms with Crippen LogP contribution in [-0.4, -0.2) is 22.0 Å². The van der Waals surface area contributed by atoms with E-state index in [1.165, 1.54) is 36.9 Å². The largest absolute Gasteiger partial charge is 0.496 e. The molecule has 2 aromatic carbocycles. The molecule has 7 nitrogen and oxygen atoms in total. The van der Waals surface area contributed by atoms with E-state index in [4.69, 9.17) is 21.1 Å². The van der Waals surface area contributed by atoms with E-state index in [0.717, 1.165) is 11.1 Å². The molecule has 0 bridgehead atoms. The minimum Gasteiger partial charge on any atom is -0.496 e. The van der Waals surface area contributed by atoms with Gasteiger partial charge in [-0.3, -0.25) is 10.1 Å². The van der Waals surface area contributed by atoms with Crippen LogP contribution in [0.4, 0.5) is 5.69 Å². The summed E-state index contributed by atoms with van der Waals surface area (Å²) in [4.78, 5) is 20.1. The topological polar surface area (TPSA) is 87.4 Å². The summed E-state index contributed by atoms with van der Waals surface area (Å²) in [5, 5.41) is 14.7. The summed E-state index contributed by atoms with van der Waals surface area (Å²) in [7, 11) is 1.44. The van der Waals surface area contributed by atoms with Crippen molar-refractivity contribution in [3.63, 3.8) is 0 Å². The number of aromatic nitrogens is 2. The van der Waals surface area contributed by atoms with Gasteiger partial charge in [0.25, 0.3) is 0 Å². The molecule has 0 radical (unpaired) electrons. The first-order chi connectivity index (χ1) is 13.6. The molecule has 4 rings (SSSR count). The number of nitro benzene ring substituents is 1. The van der Waals surface area contributed by atoms with E-state index in [2.05, 4.69) is 9.97 Å². The monoisotopic (exact) mass is 413 g/mol. The van der Waals surface area contributed by atoms with E-state index in [1.54, 1.807) is 18.2 Å². The zero-order chi connectivity index (χ0) is 19.7. The van der Waals surface area contributed by atoms with Crippen molar-refractivity contribution < 1.29 is 14.4 Å². The van der Waals surface area contributed by atoms with Gasteiger partial charge in [-0.15, -0.1) is 11.3 Å². The van der Waals surface area contributed by atoms with Crippen molar-refractivity contribution in [3.05, 3.63) is 69.3 Å². The molecule has 0 N–H and O–H groups in total. The minimum atomic E-state index is -0.524. The van der Waals surface area contributed by atoms with E-state index in [1.807, 2.05) is 17.5 Å². The van der Waals surface area contributed by atoms with E-state index in [9.17, 15) is 10.1 Å². The van der Waals surface area contributed by atoms with Crippen LogP contribution in [0.15, 0.2) is 54.2 Å². The lowest BCUT2D eigenvalue weighted by atomic mass is 10.1. The summed E-state index contributed by atoms with van der Waals surface area (Å²) in [5.74, 6) is 0.674. The fourth-order valence-electron chi connectivity index (χ4n) is 2.72. The Kier molecular flexibility index (Phi) is 4.81. The second-order valence-corrected chi connectivity index (χ2v) is 7.00. The van der Waals surface area contributed by atoms with Crippen LogP contribution in [0.3, 0.4) is 0 Å². The van der Waals surface area contributed by atoms with Gasteiger partial charge in [-0.1, -0.05) is 23.7 Å². The van der Waals surface area contributed by atoms with Crippen LogP contribution in [0.2, 0.25) is 5.02 Å². The molecule has 2 aromatic heterocycles. The molecule has 0 aliphatic rings. The zero-order valence-corrected chi connectivity index (χ0v) is 16.0. The lowest BCUT2D eigenvalue weighted by molar-refractivity contribution is -0.385. The number of fused-ring (bicyclic) bond motifs is 1. The molecule has 0 spiro atoms. The summed E-state index contributed by atoms with van der Waals surface area (Å²) in [6.07, 6.45) is 1.37. The number of methoxy groups -OCH3 is 1. The van der Waals surface area contributed by atoms with Crippen molar-refractivity contribution in [2.24, 2.45) is 0 Å². The molecule has 140 valence electrons. The highest BCUT2D eigenvalue weighted by Gasteiger charge is 2.21. The first kappa shape index (κ1) is 18.1. The number of ether oxygens (including phenoxy) is 2. The third-order valence-electron chi connectivity index (χ3n) is 4.06. The molecule has 0 fully saturated rings. The lowest BCUT2D eigenvalue weighted by Crippen LogP contribution is -1.96. The molecule has 0 aliphatic carbocycles. The maximum Gasteiger partial charge on any atom is 0.315 e. The molecule has 2 heterocycles. The first-order valence-corrected chi connectivity index (χ1v) is 9.31. The average molecular weight is 414 g/mol. The Morgan fingerprint density at radius 2 is 1.93 bits per heavy atom. The van der Waals surface area contributed by atoms with Crippen LogP contribution in [-0.2, 0) is 0 Å². The van der Waals surface area contributed by atoms with Gasteiger partial charge in [0.1, 0.15) is 16.9 Å². The first-order valence-electron chi connectivity index (χ1n) is 8.05. The molecular formula is C19H12ClN3O4S. The maximum absolute atomic E-state index is 11.4. The van der Waals surface area contributed by atoms with Crippen LogP contribution in [0.5, 0.6) is 17.4 Å². The highest BCUT2D eigenvalue weighted by atomic mass is 35.5. The Labute approximate surface area is 168 Å². The number of benzene rings is 2. The molecule has 0 saturated carbocycles. The average Bonchev–Trinajstić information content (AvgIpc) is 3.14. The standard InChI is InChI=1S/C19H12ClN3O4S/c1-26-13-6-7-16(15(8-13)23(24)25)27-18-17-14(9-28-19(17)22-10-21-18)11-2-4-12(20)5-3-11/h2-10H,1H3. The van der Waals surface area contributed by atoms with Crippen LogP contribution in [0.1, 0.15) is 0 Å². The van der Waals surface area contributed by atoms with Gasteiger partial charge in [-0.25, -0.2) is 9.97 Å². The molecular weight excluding hydrogens is 402 g/mol. The lowest BCUT2D eigenvalue weighted by Gasteiger charge is -2.09. The normalized spacial score (nSPS) is 10.8. The van der Waals surface area contributed by atoms with Crippen molar-refractivity contribution in [1.29, 1.82) is 0 Å². The number of nitrogens with zero attached hydrogens (tertiary/aromatic N) is 3. The van der Waals surface area contributed by atoms with Crippen LogP contribution >= 0.6 is 22.9 Å². The van der Waals surface area contributed by atoms with Gasteiger partial charge in [-0.2, -0.15) is 0 Å². The summed E-state index contributed by atoms with van der Waals surface area (Å²) >= 11 is 7.42. The Morgan fingerprint density at radius 1 is 1.14 bits per heavy atom. The number of nitro groups is 1. The predicted molar refractivity (Wildman–Crippen MR) is 108 cm³/mol. The van der Waals surface area contributed by atoms with Crippen LogP contribution in [0.25, 0.3) is 21.3 Å². The molecule has 28 heavy (non-hydrogen) atoms. The van der Waals surface area contributed by atoms with Gasteiger partial charge >= 0.3 is 5.69 Å². The van der Waals surface area contributed by atoms with Crippen molar-refractivity contribution in [2.75, 3.05) is 7.11 Å². The SMILES string of the molecule is COc1ccc(Oc2ncnc3scc(-c4ccc(Cl)cc4)c23)c([N+](=O)[O-])c1. The molecule has 0 aliphatic heterocycles. The van der Waals surface area contributed by atoms with E-state index >= 15 is 0 Å². The van der Waals surface area contributed by atoms with Gasteiger partial charge in [0.2, 0.25) is 11.6 Å². The number of thiophene rings is 1. The van der Waals surface area contributed by atoms with E-state index in [-0.39, 0.29) is 17.3 Å². The number of rotatable bonds is 5. The Morgan fingerprint density at radius 3 is 2.64 bits per heavy atom. The van der Waals surface area contributed by atoms with E-state index < -0.39 is 4.92 Å². The van der Waals surface area contributed by atoms with Crippen LogP contribution < -0.4 is 9.47 Å². The van der Waals surface area contributed by atoms with Gasteiger partial charge in [0.15, 0.2) is 0 Å². The summed E-state index contributed by atoms with van der Waals surface area (Å²) in [5.41, 5.74) is 1.57. The van der Waals surface area contributed by atoms with Crippen molar-refractivity contribution in [3.8, 4) is 28.5 Å². The smallest absolute Gasteiger partial charge is 0.315 e. The third kappa shape index (κ3) is 3.35. The van der Waals surface area contributed by atoms with Gasteiger partial charge < -0.3 is 9.47 Å². The fourth-order valence-corrected chi connectivity index (χ4v) is 3.76. The molecule has 4 aromatic rings. The van der Waals surface area contributed by atoms with E-state index in [0.29, 0.717) is 21.0 Å². The van der Waals surface area contributed by atoms with Crippen molar-refractivity contribution in [2.45, 2.75) is 0 Å². The molecule has 0 amide bonds. The zero-order valence-electron chi connectivity index (χ0n) is 14.5. The highest BCUT2D eigenvalue weighted by molar-refractivity contribution is 7.17. The minimum absolute atomic E-state index is 0.0686. The van der Waals surface area contributed by atoms with Crippen molar-refractivity contribution in [1.82, 2.24) is 9.97 Å². The third-order valence-corrected chi connectivity index (χ3v) is 5.20. The molecule has 9 heteroatoms. The Bertz CT molecular complexity index is 1180.